The molecule has 0 spiro atoms. The fourth-order valence-corrected chi connectivity index (χ4v) is 3.16. The Morgan fingerprint density at radius 2 is 2.10 bits per heavy atom. The van der Waals surface area contributed by atoms with Crippen molar-refractivity contribution in [2.75, 3.05) is 18.9 Å². The van der Waals surface area contributed by atoms with Gasteiger partial charge in [0.25, 0.3) is 0 Å². The van der Waals surface area contributed by atoms with Crippen LogP contribution < -0.4 is 11.1 Å². The number of nitrogens with zero attached hydrogens (tertiary/aromatic N) is 1. The molecule has 4 N–H and O–H groups in total. The van der Waals surface area contributed by atoms with Crippen LogP contribution in [0.3, 0.4) is 0 Å². The van der Waals surface area contributed by atoms with Crippen LogP contribution in [0, 0.1) is 0 Å². The molecule has 1 heterocycles. The van der Waals surface area contributed by atoms with Gasteiger partial charge in [-0.15, -0.1) is 11.3 Å². The zero-order chi connectivity index (χ0) is 15.4. The minimum atomic E-state index is -0.924. The van der Waals surface area contributed by atoms with Gasteiger partial charge >= 0.3 is 5.97 Å². The number of carbonyl (C=O) groups is 1. The zero-order valence-electron chi connectivity index (χ0n) is 12.1. The number of aromatic nitrogens is 1. The lowest BCUT2D eigenvalue weighted by Gasteiger charge is -2.10. The van der Waals surface area contributed by atoms with Crippen LogP contribution in [-0.2, 0) is 0 Å². The van der Waals surface area contributed by atoms with Gasteiger partial charge in [-0.2, -0.15) is 0 Å². The maximum atomic E-state index is 10.9. The van der Waals surface area contributed by atoms with Crippen molar-refractivity contribution < 1.29 is 9.90 Å². The predicted molar refractivity (Wildman–Crippen MR) is 86.1 cm³/mol. The Morgan fingerprint density at radius 3 is 2.62 bits per heavy atom. The highest BCUT2D eigenvalue weighted by molar-refractivity contribution is 7.16. The zero-order valence-corrected chi connectivity index (χ0v) is 12.9. The van der Waals surface area contributed by atoms with Crippen molar-refractivity contribution in [2.24, 2.45) is 5.73 Å². The smallest absolute Gasteiger partial charge is 0.335 e. The Hall–Kier alpha value is -1.92. The molecule has 0 aliphatic carbocycles. The maximum Gasteiger partial charge on any atom is 0.335 e. The highest BCUT2D eigenvalue weighted by atomic mass is 32.1. The Morgan fingerprint density at radius 1 is 1.43 bits per heavy atom. The van der Waals surface area contributed by atoms with E-state index in [0.29, 0.717) is 12.5 Å². The third-order valence-electron chi connectivity index (χ3n) is 3.32. The Balaban J connectivity index is 2.41. The van der Waals surface area contributed by atoms with Gasteiger partial charge in [0.05, 0.1) is 11.3 Å². The molecule has 2 aromatic rings. The van der Waals surface area contributed by atoms with Crippen LogP contribution in [0.25, 0.3) is 11.3 Å². The number of aromatic carboxylic acids is 1. The van der Waals surface area contributed by atoms with Gasteiger partial charge in [0, 0.05) is 17.5 Å². The molecule has 112 valence electrons. The summed E-state index contributed by atoms with van der Waals surface area (Å²) in [5.74, 6) is -0.601. The number of thiazole rings is 1. The van der Waals surface area contributed by atoms with Crippen molar-refractivity contribution >= 4 is 22.4 Å². The van der Waals surface area contributed by atoms with Crippen molar-refractivity contribution in [3.63, 3.8) is 0 Å². The molecule has 0 aliphatic rings. The summed E-state index contributed by atoms with van der Waals surface area (Å²) in [4.78, 5) is 16.7. The summed E-state index contributed by atoms with van der Waals surface area (Å²) in [5, 5.41) is 12.9. The summed E-state index contributed by atoms with van der Waals surface area (Å²) in [6.07, 6.45) is 0.894. The van der Waals surface area contributed by atoms with E-state index < -0.39 is 5.97 Å². The molecule has 2 rings (SSSR count). The highest BCUT2D eigenvalue weighted by Gasteiger charge is 2.18. The molecular formula is C15H19N3O2S. The normalized spacial score (nSPS) is 12.1. The van der Waals surface area contributed by atoms with E-state index in [-0.39, 0.29) is 5.56 Å². The molecule has 0 fully saturated rings. The van der Waals surface area contributed by atoms with Crippen molar-refractivity contribution in [1.82, 2.24) is 4.98 Å². The van der Waals surface area contributed by atoms with E-state index in [1.807, 2.05) is 7.05 Å². The number of hydrogen-bond donors (Lipinski definition) is 3. The summed E-state index contributed by atoms with van der Waals surface area (Å²) in [6.45, 7) is 2.76. The van der Waals surface area contributed by atoms with Crippen LogP contribution in [0.5, 0.6) is 0 Å². The van der Waals surface area contributed by atoms with Gasteiger partial charge in [0.15, 0.2) is 5.13 Å². The van der Waals surface area contributed by atoms with Crippen molar-refractivity contribution in [2.45, 2.75) is 19.3 Å². The molecule has 6 heteroatoms. The quantitative estimate of drug-likeness (QED) is 0.763. The van der Waals surface area contributed by atoms with Gasteiger partial charge in [0.2, 0.25) is 0 Å². The van der Waals surface area contributed by atoms with Crippen LogP contribution in [0.2, 0.25) is 0 Å². The minimum Gasteiger partial charge on any atom is -0.478 e. The molecule has 1 aromatic heterocycles. The second-order valence-corrected chi connectivity index (χ2v) is 5.87. The first-order valence-electron chi connectivity index (χ1n) is 6.79. The van der Waals surface area contributed by atoms with Crippen LogP contribution in [0.4, 0.5) is 5.13 Å². The standard InChI is InChI=1S/C15H19N3O2S/c1-9(7-8-16)13-12(18-15(17-2)21-13)10-3-5-11(6-4-10)14(19)20/h3-6,9H,7-8,16H2,1-2H3,(H,17,18)(H,19,20). The first-order valence-corrected chi connectivity index (χ1v) is 7.60. The van der Waals surface area contributed by atoms with Crippen LogP contribution in [0.15, 0.2) is 24.3 Å². The second-order valence-electron chi connectivity index (χ2n) is 4.84. The number of carboxylic acid groups (broad SMARTS) is 1. The van der Waals surface area contributed by atoms with Crippen LogP contribution in [0.1, 0.15) is 34.5 Å². The fraction of sp³-hybridized carbons (Fsp3) is 0.333. The summed E-state index contributed by atoms with van der Waals surface area (Å²) >= 11 is 1.62. The molecule has 0 amide bonds. The number of nitrogens with one attached hydrogen (secondary N) is 1. The van der Waals surface area contributed by atoms with Gasteiger partial charge < -0.3 is 16.2 Å². The van der Waals surface area contributed by atoms with E-state index in [1.54, 1.807) is 35.6 Å². The molecule has 5 nitrogen and oxygen atoms in total. The van der Waals surface area contributed by atoms with Crippen LogP contribution >= 0.6 is 11.3 Å². The molecule has 1 atom stereocenters. The van der Waals surface area contributed by atoms with Crippen molar-refractivity contribution in [3.05, 3.63) is 34.7 Å². The summed E-state index contributed by atoms with van der Waals surface area (Å²) in [7, 11) is 1.84. The molecule has 1 unspecified atom stereocenters. The van der Waals surface area contributed by atoms with Gasteiger partial charge in [-0.3, -0.25) is 0 Å². The highest BCUT2D eigenvalue weighted by Crippen LogP contribution is 2.37. The molecule has 21 heavy (non-hydrogen) atoms. The molecular weight excluding hydrogens is 286 g/mol. The largest absolute Gasteiger partial charge is 0.478 e. The molecule has 0 saturated carbocycles. The number of benzene rings is 1. The molecule has 0 radical (unpaired) electrons. The number of hydrogen-bond acceptors (Lipinski definition) is 5. The van der Waals surface area contributed by atoms with E-state index >= 15 is 0 Å². The molecule has 0 saturated heterocycles. The Labute approximate surface area is 127 Å². The van der Waals surface area contributed by atoms with E-state index in [0.717, 1.165) is 22.8 Å². The number of anilines is 1. The van der Waals surface area contributed by atoms with E-state index in [4.69, 9.17) is 10.8 Å². The predicted octanol–water partition coefficient (Wildman–Crippen LogP) is 3.00. The van der Waals surface area contributed by atoms with Gasteiger partial charge in [0.1, 0.15) is 0 Å². The van der Waals surface area contributed by atoms with E-state index in [1.165, 1.54) is 4.88 Å². The first kappa shape index (κ1) is 15.5. The fourth-order valence-electron chi connectivity index (χ4n) is 2.13. The maximum absolute atomic E-state index is 10.9. The summed E-state index contributed by atoms with van der Waals surface area (Å²) < 4.78 is 0. The van der Waals surface area contributed by atoms with Crippen molar-refractivity contribution in [1.29, 1.82) is 0 Å². The van der Waals surface area contributed by atoms with Gasteiger partial charge in [-0.25, -0.2) is 9.78 Å². The number of carboxylic acids is 1. The topological polar surface area (TPSA) is 88.2 Å². The van der Waals surface area contributed by atoms with Gasteiger partial charge in [-0.1, -0.05) is 19.1 Å². The average molecular weight is 305 g/mol. The molecule has 1 aromatic carbocycles. The first-order chi connectivity index (χ1) is 10.1. The lowest BCUT2D eigenvalue weighted by molar-refractivity contribution is 0.0697. The molecule has 0 aliphatic heterocycles. The summed E-state index contributed by atoms with van der Waals surface area (Å²) in [6, 6.07) is 6.81. The van der Waals surface area contributed by atoms with E-state index in [9.17, 15) is 4.79 Å². The third kappa shape index (κ3) is 3.40. The minimum absolute atomic E-state index is 0.277. The lowest BCUT2D eigenvalue weighted by Crippen LogP contribution is -2.04. The average Bonchev–Trinajstić information content (AvgIpc) is 2.92. The Bertz CT molecular complexity index is 622. The van der Waals surface area contributed by atoms with Crippen LogP contribution in [-0.4, -0.2) is 29.7 Å². The number of nitrogens with two attached hydrogens (primary N) is 1. The SMILES string of the molecule is CNc1nc(-c2ccc(C(=O)O)cc2)c(C(C)CCN)s1. The number of rotatable bonds is 6. The van der Waals surface area contributed by atoms with Gasteiger partial charge in [-0.05, 0) is 31.0 Å². The third-order valence-corrected chi connectivity index (χ3v) is 4.62. The van der Waals surface area contributed by atoms with Crippen molar-refractivity contribution in [3.8, 4) is 11.3 Å². The summed E-state index contributed by atoms with van der Waals surface area (Å²) in [5.41, 5.74) is 7.76. The molecule has 0 bridgehead atoms. The monoisotopic (exact) mass is 305 g/mol. The van der Waals surface area contributed by atoms with E-state index in [2.05, 4.69) is 17.2 Å². The lowest BCUT2D eigenvalue weighted by atomic mass is 10.0. The second kappa shape index (κ2) is 6.69. The Kier molecular flexibility index (Phi) is 4.93.